The van der Waals surface area contributed by atoms with Crippen molar-refractivity contribution in [1.29, 1.82) is 15.8 Å². The Kier molecular flexibility index (Phi) is 30.1. The highest BCUT2D eigenvalue weighted by Gasteiger charge is 2.36. The zero-order valence-corrected chi connectivity index (χ0v) is 70.8. The van der Waals surface area contributed by atoms with Crippen LogP contribution in [0.25, 0.3) is 72.2 Å². The van der Waals surface area contributed by atoms with Crippen molar-refractivity contribution in [2.24, 2.45) is 0 Å². The molecule has 0 bridgehead atoms. The van der Waals surface area contributed by atoms with Gasteiger partial charge in [-0.2, -0.15) is 15.8 Å². The van der Waals surface area contributed by atoms with Gasteiger partial charge in [0.25, 0.3) is 5.53 Å². The molecule has 15 rings (SSSR count). The molecule has 0 aliphatic heterocycles. The second-order valence-corrected chi connectivity index (χ2v) is 30.8. The molecule has 15 aromatic carbocycles. The van der Waals surface area contributed by atoms with Crippen LogP contribution in [0.4, 0.5) is 56.9 Å². The van der Waals surface area contributed by atoms with E-state index < -0.39 is 13.1 Å². The lowest BCUT2D eigenvalue weighted by atomic mass is 9.90. The smallest absolute Gasteiger partial charge is 0.335 e. The summed E-state index contributed by atoms with van der Waals surface area (Å²) in [6.45, 7) is 16.3. The molecule has 0 spiro atoms. The average Bonchev–Trinajstić information content (AvgIpc) is 0.751. The molecular weight excluding hydrogens is 1580 g/mol. The van der Waals surface area contributed by atoms with E-state index in [1.807, 2.05) is 164 Å². The van der Waals surface area contributed by atoms with Crippen LogP contribution < -0.4 is 28.9 Å². The van der Waals surface area contributed by atoms with Crippen LogP contribution in [-0.2, 0) is 39.3 Å². The summed E-state index contributed by atoms with van der Waals surface area (Å²) in [4.78, 5) is 21.4. The molecule has 17 nitrogen and oxygen atoms in total. The van der Waals surface area contributed by atoms with E-state index in [4.69, 9.17) is 39.3 Å². The molecule has 0 N–H and O–H groups in total. The number of aldehydes is 1. The minimum absolute atomic E-state index is 0. The molecule has 0 aliphatic carbocycles. The van der Waals surface area contributed by atoms with Crippen molar-refractivity contribution in [2.75, 3.05) is 62.5 Å². The van der Waals surface area contributed by atoms with Crippen LogP contribution in [0.3, 0.4) is 0 Å². The Morgan fingerprint density at radius 1 is 0.379 bits per heavy atom. The third-order valence-corrected chi connectivity index (χ3v) is 23.3. The van der Waals surface area contributed by atoms with Crippen LogP contribution in [0.1, 0.15) is 95.6 Å². The number of hydrogen-bond acceptors (Lipinski definition) is 16. The second-order valence-electron chi connectivity index (χ2n) is 28.0. The molecule has 0 saturated heterocycles. The maximum atomic E-state index is 13.1. The highest BCUT2D eigenvalue weighted by Crippen LogP contribution is 2.52. The van der Waals surface area contributed by atoms with E-state index in [1.165, 1.54) is 0 Å². The van der Waals surface area contributed by atoms with E-state index in [-0.39, 0.29) is 48.5 Å². The molecule has 19 heteroatoms. The largest absolute Gasteiger partial charge is 0.497 e. The summed E-state index contributed by atoms with van der Waals surface area (Å²) in [7, 11) is 1.26. The summed E-state index contributed by atoms with van der Waals surface area (Å²) in [5.74, 6) is 2.43. The molecule has 0 amide bonds. The summed E-state index contributed by atoms with van der Waals surface area (Å²) in [5.41, 5.74) is 15.3. The number of benzene rings is 15. The third-order valence-electron chi connectivity index (χ3n) is 20.5. The van der Waals surface area contributed by atoms with E-state index in [2.05, 4.69) is 171 Å². The van der Waals surface area contributed by atoms with Crippen molar-refractivity contribution in [3.8, 4) is 35.5 Å². The number of anilines is 9. The van der Waals surface area contributed by atoms with Crippen molar-refractivity contribution in [2.45, 2.75) is 46.8 Å². The average molecular weight is 1670 g/mol. The van der Waals surface area contributed by atoms with Crippen molar-refractivity contribution in [3.05, 3.63) is 376 Å². The van der Waals surface area contributed by atoms with Gasteiger partial charge in [0.1, 0.15) is 41.7 Å². The van der Waals surface area contributed by atoms with Gasteiger partial charge in [-0.15, -0.1) is 0 Å². The van der Waals surface area contributed by atoms with Crippen LogP contribution >= 0.6 is 16.1 Å². The van der Waals surface area contributed by atoms with E-state index in [0.29, 0.717) is 60.6 Å². The Hall–Kier alpha value is -14.6. The van der Waals surface area contributed by atoms with Crippen molar-refractivity contribution < 1.29 is 46.7 Å². The number of methoxy groups -OCH3 is 3. The van der Waals surface area contributed by atoms with Crippen LogP contribution in [0.2, 0.25) is 0 Å². The lowest BCUT2D eigenvalue weighted by Gasteiger charge is -2.27. The van der Waals surface area contributed by atoms with Crippen LogP contribution in [0.5, 0.6) is 17.2 Å². The Bertz CT molecular complexity index is 6300. The first-order valence-corrected chi connectivity index (χ1v) is 42.5. The van der Waals surface area contributed by atoms with Gasteiger partial charge in [-0.1, -0.05) is 165 Å². The van der Waals surface area contributed by atoms with Gasteiger partial charge in [-0.3, -0.25) is 13.9 Å². The second kappa shape index (κ2) is 42.1. The third kappa shape index (κ3) is 20.2. The fourth-order valence-electron chi connectivity index (χ4n) is 14.8. The fourth-order valence-corrected chi connectivity index (χ4v) is 17.1. The van der Waals surface area contributed by atoms with E-state index in [1.54, 1.807) is 85.4 Å². The molecule has 0 heterocycles. The first-order chi connectivity index (χ1) is 60.2. The van der Waals surface area contributed by atoms with Gasteiger partial charge >= 0.3 is 7.60 Å². The van der Waals surface area contributed by atoms with E-state index in [9.17, 15) is 29.7 Å². The minimum atomic E-state index is -3.36. The number of carbonyl (C=O) groups excluding carboxylic acids is 1. The molecular formula is C105H91N7O10P2. The van der Waals surface area contributed by atoms with E-state index in [0.717, 1.165) is 119 Å². The molecule has 0 aromatic heterocycles. The van der Waals surface area contributed by atoms with Gasteiger partial charge in [-0.25, -0.2) is 4.85 Å². The van der Waals surface area contributed by atoms with Gasteiger partial charge in [0.05, 0.1) is 64.0 Å². The fraction of sp³-hybridized carbons (Fsp3) is 0.133. The number of para-hydroxylation sites is 3. The summed E-state index contributed by atoms with van der Waals surface area (Å²) in [5, 5.41) is 36.0. The maximum absolute atomic E-state index is 13.1. The Morgan fingerprint density at radius 2 is 0.694 bits per heavy atom. The normalized spacial score (nSPS) is 11.2. The van der Waals surface area contributed by atoms with Crippen molar-refractivity contribution in [1.82, 2.24) is 0 Å². The van der Waals surface area contributed by atoms with Crippen LogP contribution in [-0.4, -0.2) is 54.0 Å². The number of rotatable bonds is 29. The van der Waals surface area contributed by atoms with Gasteiger partial charge in [0.2, 0.25) is 14.1 Å². The number of hydrogen-bond donors (Lipinski definition) is 0. The Labute approximate surface area is 725 Å². The summed E-state index contributed by atoms with van der Waals surface area (Å²) >= 11 is 0. The Balaban J connectivity index is 0.000000195. The highest BCUT2D eigenvalue weighted by molar-refractivity contribution is 7.53. The molecule has 124 heavy (non-hydrogen) atoms. The Morgan fingerprint density at radius 3 is 1.05 bits per heavy atom. The number of carbonyl (C=O) groups is 1. The van der Waals surface area contributed by atoms with Crippen molar-refractivity contribution in [3.63, 3.8) is 0 Å². The lowest BCUT2D eigenvalue weighted by Crippen LogP contribution is -2.27. The maximum Gasteiger partial charge on any atom is 0.335 e. The van der Waals surface area contributed by atoms with Gasteiger partial charge < -0.3 is 47.4 Å². The summed E-state index contributed by atoms with van der Waals surface area (Å²) in [6, 6.07) is 108. The zero-order valence-electron chi connectivity index (χ0n) is 69.0. The molecule has 15 aromatic rings. The SMILES string of the molecule is C.CCOC(OCC)(P=O)c1ccc2c(C#N)c3cc(CP(=O)(OCC)OCC)ccc3c(C#N)c2c1.COc1ccc(N(c2ccccc2)c2ccc(C=O)cc2)cc1.[C-]#[N+]c1c2ccc(C=Cc3ccc(N(c4ccccc4)c4ccc(OC)cc4)cc3)cc2c(C#N)c2ccc(C=Cc3ccc(N(c4ccccc4)c4ccc(OC)cc4)cc3)cc12. The number of nitriles is 3. The zero-order chi connectivity index (χ0) is 86.2. The quantitative estimate of drug-likeness (QED) is 0.0107. The highest BCUT2D eigenvalue weighted by atomic mass is 31.2. The monoisotopic (exact) mass is 1670 g/mol. The lowest BCUT2D eigenvalue weighted by molar-refractivity contribution is -0.176. The predicted molar refractivity (Wildman–Crippen MR) is 503 cm³/mol. The predicted octanol–water partition coefficient (Wildman–Crippen LogP) is 28.3. The molecule has 0 aliphatic rings. The summed E-state index contributed by atoms with van der Waals surface area (Å²) in [6.07, 6.45) is 9.14. The number of ether oxygens (including phenoxy) is 5. The van der Waals surface area contributed by atoms with Crippen molar-refractivity contribution >= 4 is 147 Å². The molecule has 0 unspecified atom stereocenters. The molecule has 616 valence electrons. The first kappa shape index (κ1) is 88.7. The topological polar surface area (TPSA) is 201 Å². The van der Waals surface area contributed by atoms with Gasteiger partial charge in [-0.05, 0) is 253 Å². The number of nitrogens with zero attached hydrogens (tertiary/aromatic N) is 7. The van der Waals surface area contributed by atoms with Crippen LogP contribution in [0, 0.1) is 40.6 Å². The first-order valence-electron chi connectivity index (χ1n) is 39.9. The van der Waals surface area contributed by atoms with E-state index >= 15 is 0 Å². The summed E-state index contributed by atoms with van der Waals surface area (Å²) < 4.78 is 63.6. The molecule has 0 atom stereocenters. The standard InChI is InChI=1S/C58H42N4O2.C26H28N2O6P2.C20H17NO2.CH4/c1-60-58-54-37-23-43(16-14-41-18-24-47(25-19-41)61(45-10-6-4-7-11-45)49-28-32-51(63-2)33-29-49)38-55(54)57(40-59)53-36-22-44(39-56(53)58)17-15-42-20-26-48(27-21-42)62(46-12-8-5-9-13-46)50-30-34-52(64-3)35-31-50;1-5-31-26(35-29,32-6-2)19-10-12-21-23(14-19)25(16-28)20-11-9-18(13-22(20)24(21)15-27)17-36(30,33-7-3)34-8-4;1-23-20-13-11-19(12-14-20)21(17-5-3-2-4-6-17)18-9-7-16(15-22)8-10-18;/h4-39H,2-3H3;9-14H,5-8,17H2,1-4H3;2-15H,1H3;1H4. The molecule has 0 radical (unpaired) electrons. The minimum Gasteiger partial charge on any atom is -0.497 e. The molecule has 0 fully saturated rings. The molecule has 0 saturated carbocycles. The van der Waals surface area contributed by atoms with Crippen LogP contribution in [0.15, 0.2) is 309 Å². The van der Waals surface area contributed by atoms with Gasteiger partial charge in [0.15, 0.2) is 0 Å². The van der Waals surface area contributed by atoms with Gasteiger partial charge in [0, 0.05) is 97.1 Å². The number of fused-ring (bicyclic) bond motifs is 4.